The van der Waals surface area contributed by atoms with E-state index in [1.807, 2.05) is 19.1 Å². The third-order valence-electron chi connectivity index (χ3n) is 5.28. The van der Waals surface area contributed by atoms with Crippen molar-refractivity contribution in [3.05, 3.63) is 35.6 Å². The Balaban J connectivity index is 1.75. The molecule has 0 aliphatic heterocycles. The van der Waals surface area contributed by atoms with Gasteiger partial charge in [0.15, 0.2) is 0 Å². The van der Waals surface area contributed by atoms with Crippen LogP contribution in [-0.4, -0.2) is 42.7 Å². The minimum atomic E-state index is -0.927. The van der Waals surface area contributed by atoms with Gasteiger partial charge in [0.25, 0.3) is 0 Å². The molecule has 5 atom stereocenters. The molecule has 1 fully saturated rings. The van der Waals surface area contributed by atoms with E-state index < -0.39 is 6.29 Å². The minimum Gasteiger partial charge on any atom is -0.466 e. The third kappa shape index (κ3) is 6.48. The van der Waals surface area contributed by atoms with E-state index in [4.69, 9.17) is 19.9 Å². The standard InChI is InChI=1S/C21H33NO5/c1-13-11-18(26-9-5-8-25-16(4)23)6-7-19(13)21(24)27-15(3)12-17-10-14(2)20(17)22/h11-12,14,18-21,24H,3,5-10,22H2,1-2,4H3/b17-12-. The highest BCUT2D eigenvalue weighted by atomic mass is 16.6. The van der Waals surface area contributed by atoms with Gasteiger partial charge in [-0.1, -0.05) is 25.2 Å². The van der Waals surface area contributed by atoms with Gasteiger partial charge in [-0.3, -0.25) is 4.79 Å². The molecule has 0 bridgehead atoms. The SMILES string of the molecule is C=C(/C=C1/CC(C)C1N)OC(O)C1CCC(OCCCOC(C)=O)C=C1C. The van der Waals surface area contributed by atoms with Crippen LogP contribution in [0.3, 0.4) is 0 Å². The van der Waals surface area contributed by atoms with Crippen molar-refractivity contribution < 1.29 is 24.1 Å². The second kappa shape index (κ2) is 10.1. The molecule has 0 radical (unpaired) electrons. The summed E-state index contributed by atoms with van der Waals surface area (Å²) in [4.78, 5) is 10.7. The van der Waals surface area contributed by atoms with Crippen molar-refractivity contribution in [1.82, 2.24) is 0 Å². The van der Waals surface area contributed by atoms with Crippen molar-refractivity contribution in [2.24, 2.45) is 17.6 Å². The molecule has 5 unspecified atom stereocenters. The van der Waals surface area contributed by atoms with Gasteiger partial charge in [0.2, 0.25) is 6.29 Å². The molecule has 0 aromatic carbocycles. The van der Waals surface area contributed by atoms with E-state index in [0.29, 0.717) is 31.3 Å². The summed E-state index contributed by atoms with van der Waals surface area (Å²) < 4.78 is 16.3. The molecule has 27 heavy (non-hydrogen) atoms. The van der Waals surface area contributed by atoms with Crippen molar-refractivity contribution in [2.45, 2.75) is 64.9 Å². The third-order valence-corrected chi connectivity index (χ3v) is 5.28. The summed E-state index contributed by atoms with van der Waals surface area (Å²) in [6.45, 7) is 10.3. The Labute approximate surface area is 162 Å². The lowest BCUT2D eigenvalue weighted by Crippen LogP contribution is -2.40. The molecule has 0 saturated heterocycles. The molecule has 6 nitrogen and oxygen atoms in total. The summed E-state index contributed by atoms with van der Waals surface area (Å²) >= 11 is 0. The zero-order valence-electron chi connectivity index (χ0n) is 16.6. The maximum atomic E-state index is 10.7. The van der Waals surface area contributed by atoms with Crippen LogP contribution in [0.4, 0.5) is 0 Å². The first-order chi connectivity index (χ1) is 12.8. The van der Waals surface area contributed by atoms with Crippen LogP contribution in [0, 0.1) is 11.8 Å². The molecule has 0 amide bonds. The zero-order valence-corrected chi connectivity index (χ0v) is 16.6. The summed E-state index contributed by atoms with van der Waals surface area (Å²) in [5.41, 5.74) is 8.20. The number of nitrogens with two attached hydrogens (primary N) is 1. The first-order valence-corrected chi connectivity index (χ1v) is 9.71. The molecular formula is C21H33NO5. The molecule has 0 heterocycles. The number of aliphatic hydroxyl groups excluding tert-OH is 1. The largest absolute Gasteiger partial charge is 0.466 e. The number of ether oxygens (including phenoxy) is 3. The number of hydrogen-bond donors (Lipinski definition) is 2. The van der Waals surface area contributed by atoms with Gasteiger partial charge in [-0.2, -0.15) is 0 Å². The van der Waals surface area contributed by atoms with Crippen LogP contribution in [0.1, 0.15) is 46.5 Å². The fourth-order valence-corrected chi connectivity index (χ4v) is 3.55. The Hall–Kier alpha value is -1.63. The Morgan fingerprint density at radius 3 is 2.78 bits per heavy atom. The van der Waals surface area contributed by atoms with E-state index in [1.54, 1.807) is 0 Å². The molecular weight excluding hydrogens is 346 g/mol. The fourth-order valence-electron chi connectivity index (χ4n) is 3.55. The first kappa shape index (κ1) is 21.7. The Bertz CT molecular complexity index is 597. The van der Waals surface area contributed by atoms with Gasteiger partial charge in [0.05, 0.1) is 19.3 Å². The number of rotatable bonds is 9. The minimum absolute atomic E-state index is 0.0190. The molecule has 0 spiro atoms. The van der Waals surface area contributed by atoms with Gasteiger partial charge in [-0.05, 0) is 43.8 Å². The van der Waals surface area contributed by atoms with Crippen molar-refractivity contribution in [2.75, 3.05) is 13.2 Å². The maximum Gasteiger partial charge on any atom is 0.302 e. The number of aliphatic hydroxyl groups is 1. The molecule has 0 aromatic rings. The predicted molar refractivity (Wildman–Crippen MR) is 104 cm³/mol. The summed E-state index contributed by atoms with van der Waals surface area (Å²) in [6, 6.07) is 0.0672. The van der Waals surface area contributed by atoms with Gasteiger partial charge in [0.1, 0.15) is 5.76 Å². The highest BCUT2D eigenvalue weighted by Gasteiger charge is 2.30. The van der Waals surface area contributed by atoms with Crippen LogP contribution in [0.15, 0.2) is 35.6 Å². The van der Waals surface area contributed by atoms with Gasteiger partial charge in [-0.25, -0.2) is 0 Å². The lowest BCUT2D eigenvalue weighted by atomic mass is 9.76. The van der Waals surface area contributed by atoms with Crippen LogP contribution in [0.2, 0.25) is 0 Å². The molecule has 152 valence electrons. The second-order valence-electron chi connectivity index (χ2n) is 7.60. The quantitative estimate of drug-likeness (QED) is 0.210. The average Bonchev–Trinajstić information content (AvgIpc) is 2.60. The summed E-state index contributed by atoms with van der Waals surface area (Å²) in [7, 11) is 0. The lowest BCUT2D eigenvalue weighted by Gasteiger charge is -2.35. The van der Waals surface area contributed by atoms with Crippen LogP contribution in [0.5, 0.6) is 0 Å². The van der Waals surface area contributed by atoms with Crippen LogP contribution < -0.4 is 5.73 Å². The van der Waals surface area contributed by atoms with Crippen LogP contribution in [0.25, 0.3) is 0 Å². The van der Waals surface area contributed by atoms with Crippen LogP contribution in [-0.2, 0) is 19.0 Å². The van der Waals surface area contributed by atoms with E-state index >= 15 is 0 Å². The number of carbonyl (C=O) groups is 1. The van der Waals surface area contributed by atoms with E-state index in [2.05, 4.69) is 13.5 Å². The van der Waals surface area contributed by atoms with E-state index in [1.165, 1.54) is 6.92 Å². The molecule has 1 saturated carbocycles. The number of carbonyl (C=O) groups excluding carboxylic acids is 1. The zero-order chi connectivity index (χ0) is 20.0. The summed E-state index contributed by atoms with van der Waals surface area (Å²) in [5.74, 6) is 0.598. The van der Waals surface area contributed by atoms with Crippen molar-refractivity contribution in [1.29, 1.82) is 0 Å². The number of esters is 1. The Morgan fingerprint density at radius 1 is 1.44 bits per heavy atom. The highest BCUT2D eigenvalue weighted by molar-refractivity contribution is 5.65. The Morgan fingerprint density at radius 2 is 2.19 bits per heavy atom. The van der Waals surface area contributed by atoms with Gasteiger partial charge >= 0.3 is 5.97 Å². The number of allylic oxidation sites excluding steroid dienone is 1. The van der Waals surface area contributed by atoms with Crippen molar-refractivity contribution in [3.63, 3.8) is 0 Å². The smallest absolute Gasteiger partial charge is 0.302 e. The molecule has 2 aliphatic carbocycles. The highest BCUT2D eigenvalue weighted by Crippen LogP contribution is 2.33. The van der Waals surface area contributed by atoms with Gasteiger partial charge < -0.3 is 25.1 Å². The first-order valence-electron chi connectivity index (χ1n) is 9.71. The number of hydrogen-bond acceptors (Lipinski definition) is 6. The molecule has 0 aromatic heterocycles. The van der Waals surface area contributed by atoms with E-state index in [9.17, 15) is 9.90 Å². The van der Waals surface area contributed by atoms with E-state index in [-0.39, 0.29) is 24.0 Å². The van der Waals surface area contributed by atoms with Gasteiger partial charge in [-0.15, -0.1) is 0 Å². The van der Waals surface area contributed by atoms with Crippen molar-refractivity contribution in [3.8, 4) is 0 Å². The maximum absolute atomic E-state index is 10.7. The monoisotopic (exact) mass is 379 g/mol. The van der Waals surface area contributed by atoms with Gasteiger partial charge in [0, 0.05) is 25.3 Å². The summed E-state index contributed by atoms with van der Waals surface area (Å²) in [6.07, 6.45) is 6.20. The fraction of sp³-hybridized carbons (Fsp3) is 0.667. The molecule has 6 heteroatoms. The molecule has 3 N–H and O–H groups in total. The second-order valence-corrected chi connectivity index (χ2v) is 7.60. The average molecular weight is 379 g/mol. The molecule has 2 aliphatic rings. The van der Waals surface area contributed by atoms with E-state index in [0.717, 1.165) is 30.4 Å². The normalized spacial score (nSPS) is 30.3. The predicted octanol–water partition coefficient (Wildman–Crippen LogP) is 2.82. The molecule has 2 rings (SSSR count). The van der Waals surface area contributed by atoms with Crippen LogP contribution >= 0.6 is 0 Å². The lowest BCUT2D eigenvalue weighted by molar-refractivity contribution is -0.141. The summed E-state index contributed by atoms with van der Waals surface area (Å²) in [5, 5.41) is 10.4. The topological polar surface area (TPSA) is 91.0 Å². The Kier molecular flexibility index (Phi) is 8.07. The van der Waals surface area contributed by atoms with Crippen molar-refractivity contribution >= 4 is 5.97 Å².